The van der Waals surface area contributed by atoms with Crippen LogP contribution < -0.4 is 0 Å². The van der Waals surface area contributed by atoms with E-state index in [4.69, 9.17) is 0 Å². The number of carbonyl (C=O) groups is 2. The first-order chi connectivity index (χ1) is 13.0. The highest BCUT2D eigenvalue weighted by Gasteiger charge is 2.33. The van der Waals surface area contributed by atoms with E-state index < -0.39 is 0 Å². The zero-order chi connectivity index (χ0) is 19.4. The second-order valence-electron chi connectivity index (χ2n) is 7.36. The first-order valence-electron chi connectivity index (χ1n) is 9.72. The van der Waals surface area contributed by atoms with E-state index in [2.05, 4.69) is 23.6 Å². The van der Waals surface area contributed by atoms with Crippen molar-refractivity contribution in [2.45, 2.75) is 39.7 Å². The molecule has 0 aliphatic carbocycles. The second-order valence-corrected chi connectivity index (χ2v) is 8.36. The molecule has 3 rings (SSSR count). The van der Waals surface area contributed by atoms with Gasteiger partial charge in [0.25, 0.3) is 0 Å². The van der Waals surface area contributed by atoms with E-state index in [-0.39, 0.29) is 30.3 Å². The Balaban J connectivity index is 1.87. The molecule has 1 unspecified atom stereocenters. The Morgan fingerprint density at radius 1 is 1.22 bits per heavy atom. The molecule has 4 nitrogen and oxygen atoms in total. The lowest BCUT2D eigenvalue weighted by Crippen LogP contribution is -2.47. The second kappa shape index (κ2) is 8.70. The van der Waals surface area contributed by atoms with Gasteiger partial charge >= 0.3 is 0 Å². The molecule has 144 valence electrons. The number of fused-ring (bicyclic) bond motifs is 1. The minimum atomic E-state index is -0.0981. The molecule has 0 spiro atoms. The van der Waals surface area contributed by atoms with Crippen LogP contribution in [0.15, 0.2) is 41.8 Å². The summed E-state index contributed by atoms with van der Waals surface area (Å²) in [4.78, 5) is 30.8. The van der Waals surface area contributed by atoms with Crippen molar-refractivity contribution in [1.29, 1.82) is 0 Å². The number of carbonyl (C=O) groups excluding carboxylic acids is 2. The summed E-state index contributed by atoms with van der Waals surface area (Å²) >= 11 is 1.77. The van der Waals surface area contributed by atoms with E-state index in [0.29, 0.717) is 13.1 Å². The van der Waals surface area contributed by atoms with E-state index in [1.807, 2.05) is 43.9 Å². The van der Waals surface area contributed by atoms with Gasteiger partial charge in [-0.3, -0.25) is 9.59 Å². The lowest BCUT2D eigenvalue weighted by molar-refractivity contribution is -0.143. The van der Waals surface area contributed by atoms with Crippen LogP contribution in [0.2, 0.25) is 0 Å². The summed E-state index contributed by atoms with van der Waals surface area (Å²) in [6.45, 7) is 7.30. The van der Waals surface area contributed by atoms with Crippen LogP contribution in [0.1, 0.15) is 49.2 Å². The molecule has 0 saturated carbocycles. The van der Waals surface area contributed by atoms with Crippen LogP contribution >= 0.6 is 11.3 Å². The highest BCUT2D eigenvalue weighted by Crippen LogP contribution is 2.37. The van der Waals surface area contributed by atoms with Crippen LogP contribution in [-0.2, 0) is 16.0 Å². The highest BCUT2D eigenvalue weighted by molar-refractivity contribution is 7.10. The van der Waals surface area contributed by atoms with Gasteiger partial charge in [0.1, 0.15) is 0 Å². The number of benzene rings is 1. The molecule has 1 aromatic carbocycles. The predicted octanol–water partition coefficient (Wildman–Crippen LogP) is 4.12. The van der Waals surface area contributed by atoms with E-state index in [1.54, 1.807) is 16.2 Å². The van der Waals surface area contributed by atoms with Crippen LogP contribution in [0.3, 0.4) is 0 Å². The molecule has 27 heavy (non-hydrogen) atoms. The number of thiophene rings is 1. The van der Waals surface area contributed by atoms with Crippen molar-refractivity contribution in [2.75, 3.05) is 19.6 Å². The van der Waals surface area contributed by atoms with Crippen molar-refractivity contribution in [3.8, 4) is 0 Å². The van der Waals surface area contributed by atoms with Gasteiger partial charge in [-0.1, -0.05) is 51.1 Å². The molecule has 0 bridgehead atoms. The Hall–Kier alpha value is -2.14. The summed E-state index contributed by atoms with van der Waals surface area (Å²) in [7, 11) is 0. The first-order valence-corrected chi connectivity index (χ1v) is 10.6. The number of rotatable bonds is 6. The van der Waals surface area contributed by atoms with Gasteiger partial charge in [-0.15, -0.1) is 11.3 Å². The average molecular weight is 385 g/mol. The quantitative estimate of drug-likeness (QED) is 0.752. The van der Waals surface area contributed by atoms with Crippen LogP contribution in [0.25, 0.3) is 0 Å². The van der Waals surface area contributed by atoms with Gasteiger partial charge in [0.15, 0.2) is 0 Å². The van der Waals surface area contributed by atoms with Crippen LogP contribution in [0.5, 0.6) is 0 Å². The molecule has 5 heteroatoms. The maximum absolute atomic E-state index is 13.3. The number of amides is 2. The summed E-state index contributed by atoms with van der Waals surface area (Å²) in [5.41, 5.74) is 2.35. The highest BCUT2D eigenvalue weighted by atomic mass is 32.1. The molecular formula is C22H28N2O2S. The monoisotopic (exact) mass is 384 g/mol. The van der Waals surface area contributed by atoms with Gasteiger partial charge in [-0.2, -0.15) is 0 Å². The van der Waals surface area contributed by atoms with Crippen molar-refractivity contribution < 1.29 is 9.59 Å². The SMILES string of the molecule is CCCN(CC(=O)N1CCc2sccc2C1c1ccccc1)C(=O)C(C)C. The summed E-state index contributed by atoms with van der Waals surface area (Å²) < 4.78 is 0. The molecule has 0 radical (unpaired) electrons. The standard InChI is InChI=1S/C22H28N2O2S/c1-4-12-23(22(26)16(2)3)15-20(25)24-13-10-19-18(11-14-27-19)21(24)17-8-6-5-7-9-17/h5-9,11,14,16,21H,4,10,12-13,15H2,1-3H3. The minimum Gasteiger partial charge on any atom is -0.333 e. The number of hydrogen-bond acceptors (Lipinski definition) is 3. The fourth-order valence-electron chi connectivity index (χ4n) is 3.74. The third kappa shape index (κ3) is 4.24. The largest absolute Gasteiger partial charge is 0.333 e. The molecule has 2 amide bonds. The normalized spacial score (nSPS) is 16.3. The van der Waals surface area contributed by atoms with E-state index in [9.17, 15) is 9.59 Å². The molecular weight excluding hydrogens is 356 g/mol. The molecule has 0 saturated heterocycles. The molecule has 1 aliphatic rings. The maximum Gasteiger partial charge on any atom is 0.242 e. The molecule has 0 N–H and O–H groups in total. The Morgan fingerprint density at radius 3 is 2.63 bits per heavy atom. The van der Waals surface area contributed by atoms with Crippen molar-refractivity contribution in [3.63, 3.8) is 0 Å². The molecule has 1 aliphatic heterocycles. The summed E-state index contributed by atoms with van der Waals surface area (Å²) in [6, 6.07) is 12.3. The average Bonchev–Trinajstić information content (AvgIpc) is 3.15. The van der Waals surface area contributed by atoms with Crippen molar-refractivity contribution in [2.24, 2.45) is 5.92 Å². The number of nitrogens with zero attached hydrogens (tertiary/aromatic N) is 2. The first kappa shape index (κ1) is 19.6. The molecule has 1 atom stereocenters. The van der Waals surface area contributed by atoms with Crippen LogP contribution in [0.4, 0.5) is 0 Å². The summed E-state index contributed by atoms with van der Waals surface area (Å²) in [5, 5.41) is 2.11. The lowest BCUT2D eigenvalue weighted by Gasteiger charge is -2.37. The molecule has 0 fully saturated rings. The number of hydrogen-bond donors (Lipinski definition) is 0. The Bertz CT molecular complexity index is 785. The zero-order valence-corrected chi connectivity index (χ0v) is 17.2. The van der Waals surface area contributed by atoms with Crippen LogP contribution in [0, 0.1) is 5.92 Å². The van der Waals surface area contributed by atoms with E-state index in [0.717, 1.165) is 18.4 Å². The van der Waals surface area contributed by atoms with Gasteiger partial charge in [-0.05, 0) is 35.4 Å². The van der Waals surface area contributed by atoms with Gasteiger partial charge in [0, 0.05) is 23.9 Å². The van der Waals surface area contributed by atoms with Gasteiger partial charge in [0.05, 0.1) is 12.6 Å². The fraction of sp³-hybridized carbons (Fsp3) is 0.455. The predicted molar refractivity (Wildman–Crippen MR) is 110 cm³/mol. The Morgan fingerprint density at radius 2 is 1.96 bits per heavy atom. The van der Waals surface area contributed by atoms with Gasteiger partial charge in [-0.25, -0.2) is 0 Å². The lowest BCUT2D eigenvalue weighted by atomic mass is 9.93. The van der Waals surface area contributed by atoms with E-state index in [1.165, 1.54) is 10.4 Å². The summed E-state index contributed by atoms with van der Waals surface area (Å²) in [5.74, 6) is -0.0167. The van der Waals surface area contributed by atoms with Gasteiger partial charge in [0.2, 0.25) is 11.8 Å². The third-order valence-corrected chi connectivity index (χ3v) is 6.02. The minimum absolute atomic E-state index is 0.0307. The van der Waals surface area contributed by atoms with Crippen molar-refractivity contribution >= 4 is 23.2 Å². The Kier molecular flexibility index (Phi) is 6.32. The van der Waals surface area contributed by atoms with Crippen molar-refractivity contribution in [3.05, 3.63) is 57.8 Å². The van der Waals surface area contributed by atoms with E-state index >= 15 is 0 Å². The van der Waals surface area contributed by atoms with Crippen LogP contribution in [-0.4, -0.2) is 41.2 Å². The topological polar surface area (TPSA) is 40.6 Å². The molecule has 2 heterocycles. The smallest absolute Gasteiger partial charge is 0.242 e. The van der Waals surface area contributed by atoms with Gasteiger partial charge < -0.3 is 9.80 Å². The fourth-order valence-corrected chi connectivity index (χ4v) is 4.64. The zero-order valence-electron chi connectivity index (χ0n) is 16.4. The van der Waals surface area contributed by atoms with Crippen molar-refractivity contribution in [1.82, 2.24) is 9.80 Å². The molecule has 2 aromatic rings. The summed E-state index contributed by atoms with van der Waals surface area (Å²) in [6.07, 6.45) is 1.73. The third-order valence-electron chi connectivity index (χ3n) is 5.03. The maximum atomic E-state index is 13.3. The Labute approximate surface area is 165 Å². The molecule has 1 aromatic heterocycles.